The van der Waals surface area contributed by atoms with E-state index < -0.39 is 5.82 Å². The van der Waals surface area contributed by atoms with Crippen molar-refractivity contribution in [3.05, 3.63) is 65.1 Å². The van der Waals surface area contributed by atoms with E-state index in [2.05, 4.69) is 24.8 Å². The zero-order valence-electron chi connectivity index (χ0n) is 19.8. The molecule has 0 spiro atoms. The number of rotatable bonds is 8. The fraction of sp³-hybridized carbons (Fsp3) is 0.360. The SMILES string of the molecule is CCOC1CN(Cc2ccc(Cn3c(-c4cncc(F)c4)nc4c(C)nc(OC)nc43)c(F)c2)C1. The maximum Gasteiger partial charge on any atom is 0.318 e. The highest BCUT2D eigenvalue weighted by atomic mass is 19.1. The molecular formula is C25H26F2N6O2. The van der Waals surface area contributed by atoms with Crippen LogP contribution >= 0.6 is 0 Å². The summed E-state index contributed by atoms with van der Waals surface area (Å²) < 4.78 is 41.8. The average molecular weight is 481 g/mol. The van der Waals surface area contributed by atoms with E-state index in [-0.39, 0.29) is 24.5 Å². The first kappa shape index (κ1) is 23.3. The molecule has 1 saturated heterocycles. The Bertz CT molecular complexity index is 1370. The predicted molar refractivity (Wildman–Crippen MR) is 126 cm³/mol. The van der Waals surface area contributed by atoms with Gasteiger partial charge in [-0.15, -0.1) is 0 Å². The molecule has 1 aliphatic heterocycles. The van der Waals surface area contributed by atoms with Gasteiger partial charge in [-0.3, -0.25) is 9.88 Å². The molecule has 0 N–H and O–H groups in total. The van der Waals surface area contributed by atoms with Crippen molar-refractivity contribution >= 4 is 11.2 Å². The summed E-state index contributed by atoms with van der Waals surface area (Å²) in [7, 11) is 1.48. The normalized spacial score (nSPS) is 14.4. The number of pyridine rings is 1. The number of likely N-dealkylation sites (tertiary alicyclic amines) is 1. The second-order valence-corrected chi connectivity index (χ2v) is 8.58. The first-order valence-corrected chi connectivity index (χ1v) is 11.5. The Kier molecular flexibility index (Phi) is 6.40. The van der Waals surface area contributed by atoms with E-state index in [4.69, 9.17) is 9.47 Å². The zero-order chi connectivity index (χ0) is 24.5. The lowest BCUT2D eigenvalue weighted by molar-refractivity contribution is -0.0531. The van der Waals surface area contributed by atoms with Crippen molar-refractivity contribution in [3.8, 4) is 17.4 Å². The molecule has 3 aromatic heterocycles. The maximum absolute atomic E-state index is 15.2. The molecule has 8 nitrogen and oxygen atoms in total. The molecule has 0 atom stereocenters. The molecule has 0 bridgehead atoms. The summed E-state index contributed by atoms with van der Waals surface area (Å²) >= 11 is 0. The Hall–Kier alpha value is -3.50. The van der Waals surface area contributed by atoms with Crippen LogP contribution in [-0.2, 0) is 17.8 Å². The quantitative estimate of drug-likeness (QED) is 0.380. The summed E-state index contributed by atoms with van der Waals surface area (Å²) in [5.41, 5.74) is 3.42. The Labute approximate surface area is 201 Å². The van der Waals surface area contributed by atoms with E-state index >= 15 is 4.39 Å². The van der Waals surface area contributed by atoms with Crippen molar-refractivity contribution in [2.75, 3.05) is 26.8 Å². The minimum Gasteiger partial charge on any atom is -0.467 e. The van der Waals surface area contributed by atoms with Gasteiger partial charge in [0.05, 0.1) is 31.6 Å². The van der Waals surface area contributed by atoms with E-state index in [1.54, 1.807) is 23.6 Å². The summed E-state index contributed by atoms with van der Waals surface area (Å²) in [6.45, 7) is 6.99. The number of aryl methyl sites for hydroxylation is 1. The fourth-order valence-corrected chi connectivity index (χ4v) is 4.35. The van der Waals surface area contributed by atoms with Crippen molar-refractivity contribution in [1.29, 1.82) is 0 Å². The molecule has 0 saturated carbocycles. The van der Waals surface area contributed by atoms with E-state index in [0.29, 0.717) is 47.0 Å². The first-order chi connectivity index (χ1) is 16.9. The summed E-state index contributed by atoms with van der Waals surface area (Å²) in [6.07, 6.45) is 2.90. The smallest absolute Gasteiger partial charge is 0.318 e. The molecule has 4 heterocycles. The largest absolute Gasteiger partial charge is 0.467 e. The van der Waals surface area contributed by atoms with Crippen molar-refractivity contribution in [1.82, 2.24) is 29.4 Å². The monoisotopic (exact) mass is 480 g/mol. The molecule has 182 valence electrons. The van der Waals surface area contributed by atoms with E-state index in [9.17, 15) is 4.39 Å². The number of aromatic nitrogens is 5. The summed E-state index contributed by atoms with van der Waals surface area (Å²) in [4.78, 5) is 19.6. The number of methoxy groups -OCH3 is 1. The molecule has 1 aromatic carbocycles. The molecule has 0 unspecified atom stereocenters. The van der Waals surface area contributed by atoms with Gasteiger partial charge in [-0.2, -0.15) is 9.97 Å². The maximum atomic E-state index is 15.2. The lowest BCUT2D eigenvalue weighted by Gasteiger charge is -2.38. The average Bonchev–Trinajstić information content (AvgIpc) is 3.18. The van der Waals surface area contributed by atoms with Crippen LogP contribution in [0.1, 0.15) is 23.7 Å². The fourth-order valence-electron chi connectivity index (χ4n) is 4.35. The third-order valence-corrected chi connectivity index (χ3v) is 6.07. The molecule has 0 amide bonds. The van der Waals surface area contributed by atoms with Gasteiger partial charge in [0.1, 0.15) is 23.0 Å². The van der Waals surface area contributed by atoms with Gasteiger partial charge >= 0.3 is 6.01 Å². The van der Waals surface area contributed by atoms with Crippen LogP contribution in [0.4, 0.5) is 8.78 Å². The van der Waals surface area contributed by atoms with Gasteiger partial charge in [0.2, 0.25) is 0 Å². The predicted octanol–water partition coefficient (Wildman–Crippen LogP) is 3.75. The van der Waals surface area contributed by atoms with Gasteiger partial charge < -0.3 is 14.0 Å². The van der Waals surface area contributed by atoms with Crippen molar-refractivity contribution < 1.29 is 18.3 Å². The van der Waals surface area contributed by atoms with Crippen molar-refractivity contribution in [2.24, 2.45) is 0 Å². The molecule has 10 heteroatoms. The number of ether oxygens (including phenoxy) is 2. The van der Waals surface area contributed by atoms with Gasteiger partial charge in [-0.1, -0.05) is 12.1 Å². The van der Waals surface area contributed by atoms with Gasteiger partial charge in [0.15, 0.2) is 5.65 Å². The zero-order valence-corrected chi connectivity index (χ0v) is 19.8. The highest BCUT2D eigenvalue weighted by Crippen LogP contribution is 2.28. The minimum absolute atomic E-state index is 0.143. The molecule has 1 fully saturated rings. The highest BCUT2D eigenvalue weighted by molar-refractivity contribution is 5.79. The van der Waals surface area contributed by atoms with Crippen LogP contribution in [0.3, 0.4) is 0 Å². The number of fused-ring (bicyclic) bond motifs is 1. The lowest BCUT2D eigenvalue weighted by Crippen LogP contribution is -2.51. The molecule has 5 rings (SSSR count). The van der Waals surface area contributed by atoms with Gasteiger partial charge in [0.25, 0.3) is 0 Å². The number of benzene rings is 1. The van der Waals surface area contributed by atoms with Crippen LogP contribution in [0.25, 0.3) is 22.6 Å². The molecule has 35 heavy (non-hydrogen) atoms. The number of hydrogen-bond donors (Lipinski definition) is 0. The van der Waals surface area contributed by atoms with Crippen molar-refractivity contribution in [2.45, 2.75) is 33.0 Å². The van der Waals surface area contributed by atoms with E-state index in [1.807, 2.05) is 13.0 Å². The summed E-state index contributed by atoms with van der Waals surface area (Å²) in [5.74, 6) is -0.398. The minimum atomic E-state index is -0.491. The summed E-state index contributed by atoms with van der Waals surface area (Å²) in [6, 6.07) is 6.78. The highest BCUT2D eigenvalue weighted by Gasteiger charge is 2.27. The Balaban J connectivity index is 1.48. The Morgan fingerprint density at radius 2 is 1.89 bits per heavy atom. The van der Waals surface area contributed by atoms with Crippen LogP contribution in [0.5, 0.6) is 6.01 Å². The molecule has 1 aliphatic rings. The van der Waals surface area contributed by atoms with Crippen LogP contribution < -0.4 is 4.74 Å². The molecular weight excluding hydrogens is 454 g/mol. The summed E-state index contributed by atoms with van der Waals surface area (Å²) in [5, 5.41) is 0. The van der Waals surface area contributed by atoms with Crippen molar-refractivity contribution in [3.63, 3.8) is 0 Å². The van der Waals surface area contributed by atoms with Crippen LogP contribution in [0, 0.1) is 18.6 Å². The van der Waals surface area contributed by atoms with E-state index in [1.165, 1.54) is 19.4 Å². The number of halogens is 2. The van der Waals surface area contributed by atoms with Gasteiger partial charge in [-0.05, 0) is 31.5 Å². The molecule has 0 aliphatic carbocycles. The number of nitrogens with zero attached hydrogens (tertiary/aromatic N) is 6. The lowest BCUT2D eigenvalue weighted by atomic mass is 10.1. The third kappa shape index (κ3) is 4.71. The standard InChI is InChI=1S/C25H26F2N6O2/c1-4-35-20-13-32(14-20)11-16-5-6-17(21(27)7-16)12-33-23(18-8-19(26)10-28-9-18)30-22-15(2)29-25(34-3)31-24(22)33/h5-10,20H,4,11-14H2,1-3H3. The molecule has 0 radical (unpaired) electrons. The van der Waals surface area contributed by atoms with Gasteiger partial charge in [0, 0.05) is 43.6 Å². The van der Waals surface area contributed by atoms with Crippen LogP contribution in [0.15, 0.2) is 36.7 Å². The number of hydrogen-bond acceptors (Lipinski definition) is 7. The second-order valence-electron chi connectivity index (χ2n) is 8.58. The van der Waals surface area contributed by atoms with Gasteiger partial charge in [-0.25, -0.2) is 13.8 Å². The topological polar surface area (TPSA) is 78.2 Å². The van der Waals surface area contributed by atoms with Crippen LogP contribution in [0.2, 0.25) is 0 Å². The Morgan fingerprint density at radius 3 is 2.60 bits per heavy atom. The molecule has 4 aromatic rings. The Morgan fingerprint density at radius 1 is 1.06 bits per heavy atom. The third-order valence-electron chi connectivity index (χ3n) is 6.07. The van der Waals surface area contributed by atoms with E-state index in [0.717, 1.165) is 24.8 Å². The number of imidazole rings is 1. The second kappa shape index (κ2) is 9.63. The first-order valence-electron chi connectivity index (χ1n) is 11.5. The van der Waals surface area contributed by atoms with Crippen LogP contribution in [-0.4, -0.2) is 62.3 Å².